The van der Waals surface area contributed by atoms with Gasteiger partial charge in [-0.05, 0) is 44.1 Å². The Morgan fingerprint density at radius 3 is 2.65 bits per heavy atom. The summed E-state index contributed by atoms with van der Waals surface area (Å²) in [5.74, 6) is 2.02. The number of aromatic nitrogens is 7. The summed E-state index contributed by atoms with van der Waals surface area (Å²) in [5, 5.41) is 3.17. The first-order valence-corrected chi connectivity index (χ1v) is 13.5. The first-order valence-electron chi connectivity index (χ1n) is 12.5. The number of hydrogen-bond acceptors (Lipinski definition) is 10. The molecule has 0 aliphatic heterocycles. The van der Waals surface area contributed by atoms with Crippen LogP contribution in [0.15, 0.2) is 40.5 Å². The predicted molar refractivity (Wildman–Crippen MR) is 144 cm³/mol. The Morgan fingerprint density at radius 1 is 1.14 bits per heavy atom. The maximum absolute atomic E-state index is 13.6. The number of nitrogens with zero attached hydrogens (tertiary/aromatic N) is 7. The maximum atomic E-state index is 13.6. The minimum atomic E-state index is -0.245. The molecule has 1 N–H and O–H groups in total. The van der Waals surface area contributed by atoms with Crippen molar-refractivity contribution in [3.05, 3.63) is 52.6 Å². The number of methoxy groups -OCH3 is 1. The molecule has 0 spiro atoms. The fraction of sp³-hybridized carbons (Fsp3) is 0.423. The zero-order valence-electron chi connectivity index (χ0n) is 21.4. The minimum absolute atomic E-state index is 0.108. The lowest BCUT2D eigenvalue weighted by Crippen LogP contribution is -2.28. The SMILES string of the molecule is CCSc1ccc(CNc2nc3ncc(-c4c(OC)ncnc4C4CC4)nc3n([C@@H](C)CC)c2=O)nc1. The third-order valence-corrected chi connectivity index (χ3v) is 7.30. The van der Waals surface area contributed by atoms with Crippen molar-refractivity contribution in [3.63, 3.8) is 0 Å². The highest BCUT2D eigenvalue weighted by Crippen LogP contribution is 2.45. The second-order valence-electron chi connectivity index (χ2n) is 8.98. The molecule has 0 aromatic carbocycles. The molecule has 5 rings (SSSR count). The molecular formula is C26H30N8O2S. The van der Waals surface area contributed by atoms with E-state index in [1.54, 1.807) is 29.6 Å². The van der Waals surface area contributed by atoms with E-state index in [-0.39, 0.29) is 17.4 Å². The fourth-order valence-corrected chi connectivity index (χ4v) is 4.82. The van der Waals surface area contributed by atoms with E-state index in [9.17, 15) is 4.79 Å². The third kappa shape index (κ3) is 5.13. The second kappa shape index (κ2) is 10.8. The average Bonchev–Trinajstić information content (AvgIpc) is 3.77. The van der Waals surface area contributed by atoms with Crippen LogP contribution in [-0.2, 0) is 6.54 Å². The van der Waals surface area contributed by atoms with Crippen molar-refractivity contribution in [2.45, 2.75) is 63.4 Å². The zero-order chi connectivity index (χ0) is 25.9. The second-order valence-corrected chi connectivity index (χ2v) is 10.3. The van der Waals surface area contributed by atoms with Crippen LogP contribution in [0.1, 0.15) is 63.4 Å². The summed E-state index contributed by atoms with van der Waals surface area (Å²) in [5.41, 5.74) is 3.59. The Kier molecular flexibility index (Phi) is 7.31. The van der Waals surface area contributed by atoms with Gasteiger partial charge in [0.05, 0.1) is 42.5 Å². The van der Waals surface area contributed by atoms with Crippen molar-refractivity contribution < 1.29 is 4.74 Å². The molecule has 192 valence electrons. The predicted octanol–water partition coefficient (Wildman–Crippen LogP) is 4.62. The van der Waals surface area contributed by atoms with Gasteiger partial charge in [0.25, 0.3) is 5.56 Å². The van der Waals surface area contributed by atoms with E-state index in [4.69, 9.17) is 9.72 Å². The highest BCUT2D eigenvalue weighted by atomic mass is 32.2. The average molecular weight is 519 g/mol. The fourth-order valence-electron chi connectivity index (χ4n) is 4.19. The van der Waals surface area contributed by atoms with E-state index >= 15 is 0 Å². The molecule has 11 heteroatoms. The van der Waals surface area contributed by atoms with Gasteiger partial charge in [0.2, 0.25) is 5.88 Å². The summed E-state index contributed by atoms with van der Waals surface area (Å²) in [6.45, 7) is 6.51. The van der Waals surface area contributed by atoms with E-state index in [1.165, 1.54) is 6.33 Å². The summed E-state index contributed by atoms with van der Waals surface area (Å²) in [7, 11) is 1.58. The molecule has 0 radical (unpaired) electrons. The van der Waals surface area contributed by atoms with Gasteiger partial charge in [0.15, 0.2) is 17.1 Å². The van der Waals surface area contributed by atoms with Gasteiger partial charge in [0.1, 0.15) is 6.33 Å². The van der Waals surface area contributed by atoms with Crippen LogP contribution in [0.4, 0.5) is 5.82 Å². The van der Waals surface area contributed by atoms with Gasteiger partial charge in [0, 0.05) is 23.1 Å². The monoisotopic (exact) mass is 518 g/mol. The number of hydrogen-bond donors (Lipinski definition) is 1. The highest BCUT2D eigenvalue weighted by Gasteiger charge is 2.31. The van der Waals surface area contributed by atoms with Gasteiger partial charge in [-0.25, -0.2) is 24.9 Å². The lowest BCUT2D eigenvalue weighted by atomic mass is 10.1. The van der Waals surface area contributed by atoms with Gasteiger partial charge in [-0.1, -0.05) is 13.8 Å². The van der Waals surface area contributed by atoms with Crippen LogP contribution in [0.2, 0.25) is 0 Å². The van der Waals surface area contributed by atoms with Crippen LogP contribution in [0.25, 0.3) is 22.6 Å². The Bertz CT molecular complexity index is 1470. The lowest BCUT2D eigenvalue weighted by Gasteiger charge is -2.18. The number of ether oxygens (including phenoxy) is 1. The Hall–Kier alpha value is -3.60. The number of nitrogens with one attached hydrogen (secondary N) is 1. The smallest absolute Gasteiger partial charge is 0.295 e. The Balaban J connectivity index is 1.55. The number of anilines is 1. The van der Waals surface area contributed by atoms with E-state index in [1.807, 2.05) is 32.2 Å². The standard InChI is InChI=1S/C26H30N8O2S/c1-5-15(3)34-24-22(33-23(26(34)35)28-11-17-9-10-18(12-27-17)37-6-2)29-13-19(32-24)20-21(16-7-8-16)30-14-31-25(20)36-4/h9-10,12-16H,5-8,11H2,1-4H3,(H,28,29,33)/t15-/m0/s1. The molecule has 0 unspecified atom stereocenters. The number of thioether (sulfide) groups is 1. The van der Waals surface area contributed by atoms with Crippen molar-refractivity contribution in [1.82, 2.24) is 34.5 Å². The molecule has 0 bridgehead atoms. The van der Waals surface area contributed by atoms with Crippen molar-refractivity contribution in [2.24, 2.45) is 0 Å². The third-order valence-electron chi connectivity index (χ3n) is 6.44. The van der Waals surface area contributed by atoms with Crippen LogP contribution in [0, 0.1) is 0 Å². The van der Waals surface area contributed by atoms with Crippen LogP contribution < -0.4 is 15.6 Å². The molecule has 37 heavy (non-hydrogen) atoms. The highest BCUT2D eigenvalue weighted by molar-refractivity contribution is 7.99. The molecule has 1 aliphatic rings. The van der Waals surface area contributed by atoms with Crippen molar-refractivity contribution in [3.8, 4) is 17.1 Å². The Morgan fingerprint density at radius 2 is 1.97 bits per heavy atom. The molecular weight excluding hydrogens is 488 g/mol. The summed E-state index contributed by atoms with van der Waals surface area (Å²) < 4.78 is 7.22. The van der Waals surface area contributed by atoms with E-state index in [2.05, 4.69) is 37.2 Å². The van der Waals surface area contributed by atoms with E-state index in [0.29, 0.717) is 35.3 Å². The first-order chi connectivity index (χ1) is 18.0. The van der Waals surface area contributed by atoms with Crippen LogP contribution in [0.3, 0.4) is 0 Å². The van der Waals surface area contributed by atoms with Crippen molar-refractivity contribution >= 4 is 28.9 Å². The van der Waals surface area contributed by atoms with Crippen LogP contribution in [0.5, 0.6) is 5.88 Å². The molecule has 1 fully saturated rings. The van der Waals surface area contributed by atoms with Crippen molar-refractivity contribution in [2.75, 3.05) is 18.2 Å². The normalized spacial score (nSPS) is 14.1. The van der Waals surface area contributed by atoms with Crippen LogP contribution in [-0.4, -0.2) is 47.3 Å². The van der Waals surface area contributed by atoms with E-state index < -0.39 is 0 Å². The summed E-state index contributed by atoms with van der Waals surface area (Å²) in [4.78, 5) is 42.1. The molecule has 1 aliphatic carbocycles. The molecule has 4 aromatic rings. The van der Waals surface area contributed by atoms with Gasteiger partial charge in [-0.2, -0.15) is 0 Å². The summed E-state index contributed by atoms with van der Waals surface area (Å²) >= 11 is 1.74. The quantitative estimate of drug-likeness (QED) is 0.298. The Labute approximate surface area is 219 Å². The molecule has 0 amide bonds. The molecule has 10 nitrogen and oxygen atoms in total. The largest absolute Gasteiger partial charge is 0.480 e. The minimum Gasteiger partial charge on any atom is -0.480 e. The lowest BCUT2D eigenvalue weighted by molar-refractivity contribution is 0.397. The first kappa shape index (κ1) is 25.1. The van der Waals surface area contributed by atoms with Crippen molar-refractivity contribution in [1.29, 1.82) is 0 Å². The van der Waals surface area contributed by atoms with Gasteiger partial charge < -0.3 is 10.1 Å². The molecule has 1 atom stereocenters. The zero-order valence-corrected chi connectivity index (χ0v) is 22.2. The summed E-state index contributed by atoms with van der Waals surface area (Å²) in [6, 6.07) is 3.88. The molecule has 0 saturated heterocycles. The van der Waals surface area contributed by atoms with Gasteiger partial charge in [-0.15, -0.1) is 11.8 Å². The molecule has 4 aromatic heterocycles. The maximum Gasteiger partial charge on any atom is 0.295 e. The van der Waals surface area contributed by atoms with Gasteiger partial charge in [-0.3, -0.25) is 14.3 Å². The number of fused-ring (bicyclic) bond motifs is 1. The molecule has 4 heterocycles. The topological polar surface area (TPSA) is 121 Å². The van der Waals surface area contributed by atoms with Gasteiger partial charge >= 0.3 is 0 Å². The molecule has 1 saturated carbocycles. The summed E-state index contributed by atoms with van der Waals surface area (Å²) in [6.07, 6.45) is 7.90. The number of pyridine rings is 1. The van der Waals surface area contributed by atoms with E-state index in [0.717, 1.165) is 46.9 Å². The van der Waals surface area contributed by atoms with Crippen LogP contribution >= 0.6 is 11.8 Å². The number of rotatable bonds is 10.